The lowest BCUT2D eigenvalue weighted by molar-refractivity contribution is -0.141. The molecule has 3 N–H and O–H groups in total. The van der Waals surface area contributed by atoms with E-state index in [1.165, 1.54) is 12.1 Å². The van der Waals surface area contributed by atoms with Crippen LogP contribution < -0.4 is 10.6 Å². The van der Waals surface area contributed by atoms with E-state index in [0.717, 1.165) is 0 Å². The van der Waals surface area contributed by atoms with Crippen LogP contribution in [0.2, 0.25) is 5.02 Å². The molecule has 1 rings (SSSR count). The molecule has 20 heavy (non-hydrogen) atoms. The zero-order valence-corrected chi connectivity index (χ0v) is 11.6. The van der Waals surface area contributed by atoms with Crippen molar-refractivity contribution in [3.05, 3.63) is 34.9 Å². The average molecular weight is 299 g/mol. The maximum Gasteiger partial charge on any atom is 0.326 e. The number of hydrogen-bond acceptors (Lipinski definition) is 3. The van der Waals surface area contributed by atoms with Crippen LogP contribution in [0.1, 0.15) is 23.7 Å². The molecular formula is C13H15ClN2O4. The van der Waals surface area contributed by atoms with E-state index in [0.29, 0.717) is 10.6 Å². The Balaban J connectivity index is 2.46. The molecule has 0 saturated heterocycles. The number of benzene rings is 1. The standard InChI is InChI=1S/C13H15ClN2O4/c1-2-10(13(19)20)16-11(17)7-15-12(18)8-3-5-9(14)6-4-8/h3-6,10H,2,7H2,1H3,(H,15,18)(H,16,17)(H,19,20)/t10-/m0/s1. The van der Waals surface area contributed by atoms with Crippen molar-refractivity contribution in [2.45, 2.75) is 19.4 Å². The number of hydrogen-bond donors (Lipinski definition) is 3. The minimum Gasteiger partial charge on any atom is -0.480 e. The highest BCUT2D eigenvalue weighted by atomic mass is 35.5. The highest BCUT2D eigenvalue weighted by molar-refractivity contribution is 6.30. The van der Waals surface area contributed by atoms with Gasteiger partial charge < -0.3 is 15.7 Å². The van der Waals surface area contributed by atoms with Crippen molar-refractivity contribution in [2.75, 3.05) is 6.54 Å². The maximum atomic E-state index is 11.7. The molecule has 1 aromatic carbocycles. The fourth-order valence-electron chi connectivity index (χ4n) is 1.45. The summed E-state index contributed by atoms with van der Waals surface area (Å²) in [5.74, 6) is -2.09. The molecule has 0 aliphatic heterocycles. The second kappa shape index (κ2) is 7.49. The van der Waals surface area contributed by atoms with Crippen molar-refractivity contribution < 1.29 is 19.5 Å². The number of halogens is 1. The topological polar surface area (TPSA) is 95.5 Å². The average Bonchev–Trinajstić information content (AvgIpc) is 2.42. The number of carbonyl (C=O) groups excluding carboxylic acids is 2. The molecule has 1 aromatic rings. The first-order valence-corrected chi connectivity index (χ1v) is 6.37. The van der Waals surface area contributed by atoms with E-state index in [9.17, 15) is 14.4 Å². The van der Waals surface area contributed by atoms with Crippen molar-refractivity contribution in [3.63, 3.8) is 0 Å². The van der Waals surface area contributed by atoms with Gasteiger partial charge in [-0.25, -0.2) is 4.79 Å². The smallest absolute Gasteiger partial charge is 0.326 e. The molecular weight excluding hydrogens is 284 g/mol. The Labute approximate surface area is 121 Å². The monoisotopic (exact) mass is 298 g/mol. The van der Waals surface area contributed by atoms with Crippen molar-refractivity contribution in [1.29, 1.82) is 0 Å². The predicted octanol–water partition coefficient (Wildman–Crippen LogP) is 1.05. The predicted molar refractivity (Wildman–Crippen MR) is 73.6 cm³/mol. The van der Waals surface area contributed by atoms with Crippen molar-refractivity contribution in [1.82, 2.24) is 10.6 Å². The van der Waals surface area contributed by atoms with Gasteiger partial charge in [0, 0.05) is 10.6 Å². The maximum absolute atomic E-state index is 11.7. The zero-order valence-electron chi connectivity index (χ0n) is 10.9. The van der Waals surface area contributed by atoms with Gasteiger partial charge in [-0.3, -0.25) is 9.59 Å². The van der Waals surface area contributed by atoms with Gasteiger partial charge in [0.05, 0.1) is 6.54 Å². The Kier molecular flexibility index (Phi) is 5.99. The van der Waals surface area contributed by atoms with Crippen LogP contribution in [0.25, 0.3) is 0 Å². The highest BCUT2D eigenvalue weighted by Crippen LogP contribution is 2.09. The van der Waals surface area contributed by atoms with Gasteiger partial charge in [0.25, 0.3) is 5.91 Å². The quantitative estimate of drug-likeness (QED) is 0.731. The normalized spacial score (nSPS) is 11.5. The largest absolute Gasteiger partial charge is 0.480 e. The first kappa shape index (κ1) is 16.0. The second-order valence-corrected chi connectivity index (χ2v) is 4.49. The van der Waals surface area contributed by atoms with Gasteiger partial charge in [-0.15, -0.1) is 0 Å². The number of nitrogens with one attached hydrogen (secondary N) is 2. The summed E-state index contributed by atoms with van der Waals surface area (Å²) in [6.45, 7) is 1.36. The molecule has 0 aromatic heterocycles. The SMILES string of the molecule is CC[C@H](NC(=O)CNC(=O)c1ccc(Cl)cc1)C(=O)O. The van der Waals surface area contributed by atoms with E-state index >= 15 is 0 Å². The van der Waals surface area contributed by atoms with Crippen molar-refractivity contribution in [3.8, 4) is 0 Å². The van der Waals surface area contributed by atoms with Crippen LogP contribution >= 0.6 is 11.6 Å². The number of carbonyl (C=O) groups is 3. The Morgan fingerprint density at radius 1 is 1.25 bits per heavy atom. The molecule has 0 unspecified atom stereocenters. The van der Waals surface area contributed by atoms with Crippen molar-refractivity contribution >= 4 is 29.4 Å². The molecule has 0 bridgehead atoms. The molecule has 6 nitrogen and oxygen atoms in total. The molecule has 1 atom stereocenters. The van der Waals surface area contributed by atoms with Gasteiger partial charge in [-0.1, -0.05) is 18.5 Å². The Morgan fingerprint density at radius 2 is 1.85 bits per heavy atom. The lowest BCUT2D eigenvalue weighted by atomic mass is 10.2. The summed E-state index contributed by atoms with van der Waals surface area (Å²) >= 11 is 5.70. The number of aliphatic carboxylic acids is 1. The Hall–Kier alpha value is -2.08. The first-order valence-electron chi connectivity index (χ1n) is 6.00. The molecule has 0 fully saturated rings. The van der Waals surface area contributed by atoms with Crippen LogP contribution in [0.3, 0.4) is 0 Å². The molecule has 7 heteroatoms. The molecule has 108 valence electrons. The summed E-state index contributed by atoms with van der Waals surface area (Å²) in [7, 11) is 0. The summed E-state index contributed by atoms with van der Waals surface area (Å²) in [4.78, 5) is 33.9. The molecule has 0 heterocycles. The molecule has 0 spiro atoms. The molecule has 2 amide bonds. The van der Waals surface area contributed by atoms with Crippen LogP contribution in [0.4, 0.5) is 0 Å². The zero-order chi connectivity index (χ0) is 15.1. The third-order valence-corrected chi connectivity index (χ3v) is 2.81. The van der Waals surface area contributed by atoms with Gasteiger partial charge in [-0.05, 0) is 30.7 Å². The fraction of sp³-hybridized carbons (Fsp3) is 0.308. The highest BCUT2D eigenvalue weighted by Gasteiger charge is 2.17. The summed E-state index contributed by atoms with van der Waals surface area (Å²) < 4.78 is 0. The lowest BCUT2D eigenvalue weighted by Crippen LogP contribution is -2.45. The molecule has 0 saturated carbocycles. The Bertz CT molecular complexity index is 502. The summed E-state index contributed by atoms with van der Waals surface area (Å²) in [6, 6.07) is 5.24. The van der Waals surface area contributed by atoms with Gasteiger partial charge in [0.2, 0.25) is 5.91 Å². The molecule has 0 radical (unpaired) electrons. The van der Waals surface area contributed by atoms with Gasteiger partial charge in [0.15, 0.2) is 0 Å². The fourth-order valence-corrected chi connectivity index (χ4v) is 1.57. The van der Waals surface area contributed by atoms with E-state index in [4.69, 9.17) is 16.7 Å². The van der Waals surface area contributed by atoms with Crippen LogP contribution in [0.15, 0.2) is 24.3 Å². The number of rotatable bonds is 6. The van der Waals surface area contributed by atoms with Gasteiger partial charge >= 0.3 is 5.97 Å². The summed E-state index contributed by atoms with van der Waals surface area (Å²) in [5, 5.41) is 14.0. The minimum atomic E-state index is -1.11. The van der Waals surface area contributed by atoms with Gasteiger partial charge in [-0.2, -0.15) is 0 Å². The van der Waals surface area contributed by atoms with Crippen LogP contribution in [-0.2, 0) is 9.59 Å². The van der Waals surface area contributed by atoms with Crippen LogP contribution in [0.5, 0.6) is 0 Å². The second-order valence-electron chi connectivity index (χ2n) is 4.06. The van der Waals surface area contributed by atoms with Crippen molar-refractivity contribution in [2.24, 2.45) is 0 Å². The van der Waals surface area contributed by atoms with E-state index in [-0.39, 0.29) is 13.0 Å². The molecule has 0 aliphatic rings. The number of amides is 2. The summed E-state index contributed by atoms with van der Waals surface area (Å²) in [5.41, 5.74) is 0.368. The number of carboxylic acids is 1. The molecule has 0 aliphatic carbocycles. The summed E-state index contributed by atoms with van der Waals surface area (Å²) in [6.07, 6.45) is 0.270. The van der Waals surface area contributed by atoms with Gasteiger partial charge in [0.1, 0.15) is 6.04 Å². The third-order valence-electron chi connectivity index (χ3n) is 2.56. The van der Waals surface area contributed by atoms with Crippen LogP contribution in [0, 0.1) is 0 Å². The minimum absolute atomic E-state index is 0.270. The first-order chi connectivity index (χ1) is 9.43. The van der Waals surface area contributed by atoms with E-state index in [1.807, 2.05) is 0 Å². The van der Waals surface area contributed by atoms with E-state index in [1.54, 1.807) is 19.1 Å². The van der Waals surface area contributed by atoms with E-state index in [2.05, 4.69) is 10.6 Å². The van der Waals surface area contributed by atoms with Crippen LogP contribution in [-0.4, -0.2) is 35.5 Å². The third kappa shape index (κ3) is 4.89. The van der Waals surface area contributed by atoms with E-state index < -0.39 is 23.8 Å². The lowest BCUT2D eigenvalue weighted by Gasteiger charge is -2.12. The Morgan fingerprint density at radius 3 is 2.35 bits per heavy atom. The number of carboxylic acid groups (broad SMARTS) is 1.